The molecule has 1 N–H and O–H groups in total. The lowest BCUT2D eigenvalue weighted by Gasteiger charge is -2.38. The Balaban J connectivity index is 1.66. The molecule has 0 radical (unpaired) electrons. The minimum absolute atomic E-state index is 0.0174. The van der Waals surface area contributed by atoms with Gasteiger partial charge in [-0.25, -0.2) is 4.79 Å². The highest BCUT2D eigenvalue weighted by Crippen LogP contribution is 2.33. The first kappa shape index (κ1) is 18.2. The summed E-state index contributed by atoms with van der Waals surface area (Å²) in [5.74, 6) is 0. The Hall–Kier alpha value is -1.59. The first-order valence-corrected chi connectivity index (χ1v) is 9.39. The van der Waals surface area contributed by atoms with Crippen molar-refractivity contribution in [2.75, 3.05) is 39.5 Å². The van der Waals surface area contributed by atoms with Gasteiger partial charge in [-0.1, -0.05) is 36.8 Å². The normalized spacial score (nSPS) is 21.6. The Morgan fingerprint density at radius 3 is 2.60 bits per heavy atom. The lowest BCUT2D eigenvalue weighted by molar-refractivity contribution is -0.0295. The summed E-state index contributed by atoms with van der Waals surface area (Å²) in [6, 6.07) is 8.47. The third-order valence-electron chi connectivity index (χ3n) is 5.47. The van der Waals surface area contributed by atoms with Crippen LogP contribution in [0.4, 0.5) is 4.79 Å². The molecule has 5 nitrogen and oxygen atoms in total. The minimum atomic E-state index is 0.0174. The SMILES string of the molecule is CC[C@@H](NC(=O)N1CCOCC2(CCOCC2)C1)c1ccc(C)cc1. The quantitative estimate of drug-likeness (QED) is 0.914. The van der Waals surface area contributed by atoms with Crippen molar-refractivity contribution in [1.29, 1.82) is 0 Å². The van der Waals surface area contributed by atoms with Crippen molar-refractivity contribution in [1.82, 2.24) is 10.2 Å². The molecule has 0 unspecified atom stereocenters. The van der Waals surface area contributed by atoms with Crippen molar-refractivity contribution < 1.29 is 14.3 Å². The van der Waals surface area contributed by atoms with E-state index in [1.165, 1.54) is 5.56 Å². The van der Waals surface area contributed by atoms with Crippen LogP contribution >= 0.6 is 0 Å². The number of benzene rings is 1. The predicted molar refractivity (Wildman–Crippen MR) is 97.6 cm³/mol. The lowest BCUT2D eigenvalue weighted by atomic mass is 9.80. The number of carbonyl (C=O) groups is 1. The fraction of sp³-hybridized carbons (Fsp3) is 0.650. The van der Waals surface area contributed by atoms with Gasteiger partial charge in [0.25, 0.3) is 0 Å². The van der Waals surface area contributed by atoms with Crippen LogP contribution in [0.3, 0.4) is 0 Å². The molecule has 1 aromatic carbocycles. The number of ether oxygens (including phenoxy) is 2. The zero-order valence-corrected chi connectivity index (χ0v) is 15.4. The van der Waals surface area contributed by atoms with E-state index in [0.29, 0.717) is 13.2 Å². The van der Waals surface area contributed by atoms with Gasteiger partial charge in [0.2, 0.25) is 0 Å². The number of nitrogens with zero attached hydrogens (tertiary/aromatic N) is 1. The maximum Gasteiger partial charge on any atom is 0.317 e. The second kappa shape index (κ2) is 8.19. The third-order valence-corrected chi connectivity index (χ3v) is 5.47. The van der Waals surface area contributed by atoms with Gasteiger partial charge in [0, 0.05) is 31.7 Å². The molecule has 5 heteroatoms. The van der Waals surface area contributed by atoms with E-state index >= 15 is 0 Å². The van der Waals surface area contributed by atoms with E-state index in [-0.39, 0.29) is 17.5 Å². The van der Waals surface area contributed by atoms with Gasteiger partial charge < -0.3 is 19.7 Å². The Morgan fingerprint density at radius 1 is 1.20 bits per heavy atom. The van der Waals surface area contributed by atoms with Crippen LogP contribution in [-0.2, 0) is 9.47 Å². The van der Waals surface area contributed by atoms with E-state index < -0.39 is 0 Å². The Morgan fingerprint density at radius 2 is 1.92 bits per heavy atom. The number of hydrogen-bond donors (Lipinski definition) is 1. The molecule has 25 heavy (non-hydrogen) atoms. The summed E-state index contributed by atoms with van der Waals surface area (Å²) in [6.45, 7) is 8.46. The maximum atomic E-state index is 12.9. The first-order chi connectivity index (χ1) is 12.1. The summed E-state index contributed by atoms with van der Waals surface area (Å²) in [4.78, 5) is 14.9. The molecule has 0 aliphatic carbocycles. The van der Waals surface area contributed by atoms with Crippen molar-refractivity contribution in [2.45, 2.75) is 39.2 Å². The van der Waals surface area contributed by atoms with Crippen LogP contribution in [-0.4, -0.2) is 50.4 Å². The van der Waals surface area contributed by atoms with Crippen molar-refractivity contribution in [2.24, 2.45) is 5.41 Å². The van der Waals surface area contributed by atoms with Crippen LogP contribution in [0.25, 0.3) is 0 Å². The molecule has 2 amide bonds. The van der Waals surface area contributed by atoms with Crippen molar-refractivity contribution >= 4 is 6.03 Å². The molecule has 2 saturated heterocycles. The van der Waals surface area contributed by atoms with E-state index in [0.717, 1.165) is 51.2 Å². The maximum absolute atomic E-state index is 12.9. The third kappa shape index (κ3) is 4.53. The Labute approximate surface area is 150 Å². The largest absolute Gasteiger partial charge is 0.381 e. The van der Waals surface area contributed by atoms with Crippen LogP contribution in [0.15, 0.2) is 24.3 Å². The number of aryl methyl sites for hydroxylation is 1. The van der Waals surface area contributed by atoms with Crippen molar-refractivity contribution in [3.8, 4) is 0 Å². The van der Waals surface area contributed by atoms with Gasteiger partial charge in [-0.2, -0.15) is 0 Å². The highest BCUT2D eigenvalue weighted by atomic mass is 16.5. The van der Waals surface area contributed by atoms with E-state index in [1.807, 2.05) is 4.90 Å². The molecule has 3 rings (SSSR count). The molecular formula is C20H30N2O3. The standard InChI is InChI=1S/C20H30N2O3/c1-3-18(17-6-4-16(2)5-7-17)21-19(23)22-10-13-25-15-20(14-22)8-11-24-12-9-20/h4-7,18H,3,8-15H2,1-2H3,(H,21,23)/t18-/m1/s1. The summed E-state index contributed by atoms with van der Waals surface area (Å²) in [6.07, 6.45) is 2.80. The monoisotopic (exact) mass is 346 g/mol. The Kier molecular flexibility index (Phi) is 5.97. The number of urea groups is 1. The number of hydrogen-bond acceptors (Lipinski definition) is 3. The number of nitrogens with one attached hydrogen (secondary N) is 1. The van der Waals surface area contributed by atoms with Gasteiger partial charge in [0.15, 0.2) is 0 Å². The second-order valence-electron chi connectivity index (χ2n) is 7.41. The van der Waals surface area contributed by atoms with E-state index in [4.69, 9.17) is 9.47 Å². The fourth-order valence-corrected chi connectivity index (χ4v) is 3.73. The topological polar surface area (TPSA) is 50.8 Å². The highest BCUT2D eigenvalue weighted by molar-refractivity contribution is 5.75. The number of rotatable bonds is 3. The summed E-state index contributed by atoms with van der Waals surface area (Å²) >= 11 is 0. The zero-order valence-electron chi connectivity index (χ0n) is 15.4. The van der Waals surface area contributed by atoms with Crippen LogP contribution in [0.5, 0.6) is 0 Å². The van der Waals surface area contributed by atoms with Crippen LogP contribution in [0.1, 0.15) is 43.4 Å². The molecule has 1 atom stereocenters. The van der Waals surface area contributed by atoms with Gasteiger partial charge in [0.05, 0.1) is 19.3 Å². The van der Waals surface area contributed by atoms with Crippen LogP contribution in [0.2, 0.25) is 0 Å². The summed E-state index contributed by atoms with van der Waals surface area (Å²) in [5, 5.41) is 3.22. The van der Waals surface area contributed by atoms with Gasteiger partial charge in [0.1, 0.15) is 0 Å². The number of carbonyl (C=O) groups excluding carboxylic acids is 1. The molecule has 2 aliphatic heterocycles. The first-order valence-electron chi connectivity index (χ1n) is 9.39. The molecule has 2 aliphatic rings. The molecule has 1 spiro atoms. The van der Waals surface area contributed by atoms with Gasteiger partial charge in [-0.3, -0.25) is 0 Å². The van der Waals surface area contributed by atoms with E-state index in [9.17, 15) is 4.79 Å². The summed E-state index contributed by atoms with van der Waals surface area (Å²) in [5.41, 5.74) is 2.45. The van der Waals surface area contributed by atoms with Gasteiger partial charge in [-0.15, -0.1) is 0 Å². The minimum Gasteiger partial charge on any atom is -0.381 e. The fourth-order valence-electron chi connectivity index (χ4n) is 3.73. The van der Waals surface area contributed by atoms with Gasteiger partial charge >= 0.3 is 6.03 Å². The van der Waals surface area contributed by atoms with Crippen molar-refractivity contribution in [3.63, 3.8) is 0 Å². The smallest absolute Gasteiger partial charge is 0.317 e. The van der Waals surface area contributed by atoms with Crippen molar-refractivity contribution in [3.05, 3.63) is 35.4 Å². The predicted octanol–water partition coefficient (Wildman–Crippen LogP) is 3.28. The van der Waals surface area contributed by atoms with Crippen LogP contribution in [0, 0.1) is 12.3 Å². The lowest BCUT2D eigenvalue weighted by Crippen LogP contribution is -2.48. The van der Waals surface area contributed by atoms with E-state index in [1.54, 1.807) is 0 Å². The van der Waals surface area contributed by atoms with Gasteiger partial charge in [-0.05, 0) is 31.7 Å². The molecule has 138 valence electrons. The highest BCUT2D eigenvalue weighted by Gasteiger charge is 2.38. The Bertz CT molecular complexity index is 567. The van der Waals surface area contributed by atoms with E-state index in [2.05, 4.69) is 43.4 Å². The number of amides is 2. The molecular weight excluding hydrogens is 316 g/mol. The molecule has 2 fully saturated rings. The average Bonchev–Trinajstić information content (AvgIpc) is 2.84. The molecule has 0 bridgehead atoms. The zero-order chi connectivity index (χ0) is 17.7. The summed E-state index contributed by atoms with van der Waals surface area (Å²) in [7, 11) is 0. The summed E-state index contributed by atoms with van der Waals surface area (Å²) < 4.78 is 11.3. The molecule has 2 heterocycles. The molecule has 1 aromatic rings. The molecule has 0 saturated carbocycles. The second-order valence-corrected chi connectivity index (χ2v) is 7.41. The average molecular weight is 346 g/mol. The molecule has 0 aromatic heterocycles. The van der Waals surface area contributed by atoms with Crippen LogP contribution < -0.4 is 5.32 Å².